The highest BCUT2D eigenvalue weighted by molar-refractivity contribution is 5.98. The zero-order chi connectivity index (χ0) is 20.7. The largest absolute Gasteiger partial charge is 0.494 e. The van der Waals surface area contributed by atoms with Gasteiger partial charge in [0.1, 0.15) is 23.2 Å². The Kier molecular flexibility index (Phi) is 5.17. The SMILES string of the molecule is C.CCOc1ccc(-c2nc3ccc(-c4nc5ccc(C(=N)N)cc5[nH]4)cc3[nH]2)cc1. The molecule has 2 aromatic heterocycles. The molecule has 0 spiro atoms. The molecule has 0 saturated carbocycles. The van der Waals surface area contributed by atoms with Crippen LogP contribution in [-0.4, -0.2) is 32.4 Å². The van der Waals surface area contributed by atoms with Crippen molar-refractivity contribution in [1.82, 2.24) is 19.9 Å². The summed E-state index contributed by atoms with van der Waals surface area (Å²) < 4.78 is 5.51. The Morgan fingerprint density at radius 2 is 1.45 bits per heavy atom. The van der Waals surface area contributed by atoms with Gasteiger partial charge in [-0.1, -0.05) is 7.43 Å². The molecule has 2 heterocycles. The van der Waals surface area contributed by atoms with Gasteiger partial charge >= 0.3 is 0 Å². The minimum absolute atomic E-state index is 0. The molecule has 3 aromatic carbocycles. The number of hydrogen-bond acceptors (Lipinski definition) is 4. The molecule has 7 nitrogen and oxygen atoms in total. The van der Waals surface area contributed by atoms with Crippen molar-refractivity contribution in [3.05, 3.63) is 66.2 Å². The van der Waals surface area contributed by atoms with Gasteiger partial charge in [-0.15, -0.1) is 0 Å². The average Bonchev–Trinajstić information content (AvgIpc) is 3.37. The van der Waals surface area contributed by atoms with E-state index in [9.17, 15) is 0 Å². The number of nitrogens with one attached hydrogen (secondary N) is 3. The third-order valence-electron chi connectivity index (χ3n) is 4.99. The Morgan fingerprint density at radius 1 is 0.871 bits per heavy atom. The van der Waals surface area contributed by atoms with Crippen molar-refractivity contribution < 1.29 is 4.74 Å². The summed E-state index contributed by atoms with van der Waals surface area (Å²) in [6, 6.07) is 19.4. The molecular formula is C24H24N6O. The third-order valence-corrected chi connectivity index (χ3v) is 4.99. The van der Waals surface area contributed by atoms with Gasteiger partial charge in [0.05, 0.1) is 28.7 Å². The van der Waals surface area contributed by atoms with Gasteiger partial charge in [-0.2, -0.15) is 0 Å². The lowest BCUT2D eigenvalue weighted by molar-refractivity contribution is 0.340. The fourth-order valence-corrected chi connectivity index (χ4v) is 3.48. The van der Waals surface area contributed by atoms with E-state index in [1.165, 1.54) is 0 Å². The summed E-state index contributed by atoms with van der Waals surface area (Å²) in [5, 5.41) is 7.60. The Bertz CT molecular complexity index is 1380. The maximum atomic E-state index is 7.60. The minimum Gasteiger partial charge on any atom is -0.494 e. The molecule has 0 amide bonds. The molecule has 0 saturated heterocycles. The number of hydrogen-bond donors (Lipinski definition) is 4. The van der Waals surface area contributed by atoms with Crippen LogP contribution in [0.3, 0.4) is 0 Å². The number of nitrogens with zero attached hydrogens (tertiary/aromatic N) is 2. The number of benzene rings is 3. The van der Waals surface area contributed by atoms with Crippen molar-refractivity contribution in [2.75, 3.05) is 6.61 Å². The molecule has 5 aromatic rings. The summed E-state index contributed by atoms with van der Waals surface area (Å²) in [5.74, 6) is 2.44. The molecular weight excluding hydrogens is 388 g/mol. The highest BCUT2D eigenvalue weighted by atomic mass is 16.5. The molecule has 0 bridgehead atoms. The Morgan fingerprint density at radius 3 is 2.10 bits per heavy atom. The summed E-state index contributed by atoms with van der Waals surface area (Å²) in [6.07, 6.45) is 0. The van der Waals surface area contributed by atoms with Crippen molar-refractivity contribution in [2.24, 2.45) is 5.73 Å². The average molecular weight is 412 g/mol. The zero-order valence-corrected chi connectivity index (χ0v) is 16.4. The highest BCUT2D eigenvalue weighted by Gasteiger charge is 2.10. The summed E-state index contributed by atoms with van der Waals surface area (Å²) >= 11 is 0. The van der Waals surface area contributed by atoms with Crippen molar-refractivity contribution in [3.8, 4) is 28.5 Å². The molecule has 0 atom stereocenters. The van der Waals surface area contributed by atoms with E-state index in [2.05, 4.69) is 15.0 Å². The molecule has 0 radical (unpaired) electrons. The number of aromatic nitrogens is 4. The number of nitrogens with two attached hydrogens (primary N) is 1. The van der Waals surface area contributed by atoms with E-state index < -0.39 is 0 Å². The molecule has 0 aliphatic heterocycles. The van der Waals surface area contributed by atoms with Crippen LogP contribution in [-0.2, 0) is 0 Å². The van der Waals surface area contributed by atoms with Crippen LogP contribution in [0.2, 0.25) is 0 Å². The molecule has 156 valence electrons. The van der Waals surface area contributed by atoms with Gasteiger partial charge in [-0.25, -0.2) is 9.97 Å². The quantitative estimate of drug-likeness (QED) is 0.237. The second-order valence-electron chi connectivity index (χ2n) is 7.01. The van der Waals surface area contributed by atoms with Gasteiger partial charge in [0.2, 0.25) is 0 Å². The minimum atomic E-state index is 0. The van der Waals surface area contributed by atoms with E-state index in [0.717, 1.165) is 50.6 Å². The molecule has 5 N–H and O–H groups in total. The number of amidine groups is 1. The first-order valence-electron chi connectivity index (χ1n) is 9.68. The van der Waals surface area contributed by atoms with Crippen LogP contribution in [0.25, 0.3) is 44.8 Å². The van der Waals surface area contributed by atoms with Crippen LogP contribution in [0.5, 0.6) is 5.75 Å². The second kappa shape index (κ2) is 7.95. The first-order chi connectivity index (χ1) is 14.6. The Labute approximate surface area is 179 Å². The summed E-state index contributed by atoms with van der Waals surface area (Å²) in [4.78, 5) is 16.1. The fourth-order valence-electron chi connectivity index (χ4n) is 3.48. The predicted molar refractivity (Wildman–Crippen MR) is 126 cm³/mol. The molecule has 7 heteroatoms. The first-order valence-corrected chi connectivity index (χ1v) is 9.68. The van der Waals surface area contributed by atoms with E-state index >= 15 is 0 Å². The van der Waals surface area contributed by atoms with Crippen LogP contribution < -0.4 is 10.5 Å². The number of imidazole rings is 2. The summed E-state index contributed by atoms with van der Waals surface area (Å²) in [5.41, 5.74) is 11.7. The standard InChI is InChI=1S/C23H20N6O.CH4/c1-2-30-16-7-3-13(4-8-16)22-26-18-10-6-15(12-20(18)28-22)23-27-17-9-5-14(21(24)25)11-19(17)29-23;/h3-12H,2H2,1H3,(H3,24,25)(H,26,28)(H,27,29);1H4. The first kappa shape index (κ1) is 20.2. The number of aromatic amines is 2. The summed E-state index contributed by atoms with van der Waals surface area (Å²) in [7, 11) is 0. The molecule has 0 fully saturated rings. The van der Waals surface area contributed by atoms with E-state index in [0.29, 0.717) is 12.2 Å². The van der Waals surface area contributed by atoms with Gasteiger partial charge in [0.15, 0.2) is 0 Å². The molecule has 31 heavy (non-hydrogen) atoms. The van der Waals surface area contributed by atoms with Gasteiger partial charge < -0.3 is 20.4 Å². The van der Waals surface area contributed by atoms with E-state index in [-0.39, 0.29) is 13.3 Å². The van der Waals surface area contributed by atoms with E-state index in [4.69, 9.17) is 20.9 Å². The number of ether oxygens (including phenoxy) is 1. The van der Waals surface area contributed by atoms with Gasteiger partial charge in [-0.3, -0.25) is 5.41 Å². The Hall–Kier alpha value is -4.13. The zero-order valence-electron chi connectivity index (χ0n) is 16.4. The molecule has 0 aliphatic carbocycles. The Balaban J connectivity index is 0.00000231. The molecule has 0 aliphatic rings. The van der Waals surface area contributed by atoms with Crippen molar-refractivity contribution >= 4 is 27.9 Å². The lowest BCUT2D eigenvalue weighted by Crippen LogP contribution is -2.10. The normalized spacial score (nSPS) is 10.9. The number of nitrogen functional groups attached to an aromatic ring is 1. The van der Waals surface area contributed by atoms with Crippen molar-refractivity contribution in [3.63, 3.8) is 0 Å². The lowest BCUT2D eigenvalue weighted by Gasteiger charge is -2.02. The monoisotopic (exact) mass is 412 g/mol. The second-order valence-corrected chi connectivity index (χ2v) is 7.01. The van der Waals surface area contributed by atoms with Crippen LogP contribution in [0.1, 0.15) is 19.9 Å². The smallest absolute Gasteiger partial charge is 0.138 e. The predicted octanol–water partition coefficient (Wildman–Crippen LogP) is 5.09. The van der Waals surface area contributed by atoms with Crippen molar-refractivity contribution in [1.29, 1.82) is 5.41 Å². The maximum Gasteiger partial charge on any atom is 0.138 e. The van der Waals surface area contributed by atoms with Crippen LogP contribution in [0.15, 0.2) is 60.7 Å². The highest BCUT2D eigenvalue weighted by Crippen LogP contribution is 2.27. The number of rotatable bonds is 5. The topological polar surface area (TPSA) is 116 Å². The molecule has 5 rings (SSSR count). The maximum absolute atomic E-state index is 7.60. The lowest BCUT2D eigenvalue weighted by atomic mass is 10.2. The number of H-pyrrole nitrogens is 2. The van der Waals surface area contributed by atoms with E-state index in [1.54, 1.807) is 6.07 Å². The van der Waals surface area contributed by atoms with Crippen LogP contribution >= 0.6 is 0 Å². The van der Waals surface area contributed by atoms with Crippen LogP contribution in [0.4, 0.5) is 0 Å². The van der Waals surface area contributed by atoms with Crippen LogP contribution in [0, 0.1) is 5.41 Å². The van der Waals surface area contributed by atoms with Gasteiger partial charge in [0.25, 0.3) is 0 Å². The summed E-state index contributed by atoms with van der Waals surface area (Å²) in [6.45, 7) is 2.61. The van der Waals surface area contributed by atoms with E-state index in [1.807, 2.05) is 61.5 Å². The van der Waals surface area contributed by atoms with Gasteiger partial charge in [0, 0.05) is 16.7 Å². The molecule has 0 unspecified atom stereocenters. The number of fused-ring (bicyclic) bond motifs is 2. The van der Waals surface area contributed by atoms with Crippen molar-refractivity contribution in [2.45, 2.75) is 14.4 Å². The van der Waals surface area contributed by atoms with Gasteiger partial charge in [-0.05, 0) is 67.6 Å². The fraction of sp³-hybridized carbons (Fsp3) is 0.125. The third kappa shape index (κ3) is 3.73.